The van der Waals surface area contributed by atoms with Crippen LogP contribution >= 0.6 is 0 Å². The Morgan fingerprint density at radius 1 is 1.05 bits per heavy atom. The van der Waals surface area contributed by atoms with Crippen molar-refractivity contribution >= 4 is 0 Å². The summed E-state index contributed by atoms with van der Waals surface area (Å²) < 4.78 is 0. The van der Waals surface area contributed by atoms with E-state index in [9.17, 15) is 5.11 Å². The van der Waals surface area contributed by atoms with E-state index >= 15 is 0 Å². The lowest BCUT2D eigenvalue weighted by molar-refractivity contribution is 0.174. The highest BCUT2D eigenvalue weighted by molar-refractivity contribution is 5.31. The Labute approximate surface area is 113 Å². The lowest BCUT2D eigenvalue weighted by Gasteiger charge is -2.12. The Bertz CT molecular complexity index is 543. The van der Waals surface area contributed by atoms with Crippen molar-refractivity contribution in [2.45, 2.75) is 12.6 Å². The maximum absolute atomic E-state index is 9.98. The van der Waals surface area contributed by atoms with Gasteiger partial charge in [-0.3, -0.25) is 0 Å². The van der Waals surface area contributed by atoms with E-state index in [0.717, 1.165) is 11.1 Å². The summed E-state index contributed by atoms with van der Waals surface area (Å²) in [4.78, 5) is 0. The number of benzene rings is 2. The average Bonchev–Trinajstić information content (AvgIpc) is 2.49. The monoisotopic (exact) mass is 252 g/mol. The van der Waals surface area contributed by atoms with Gasteiger partial charge in [0.2, 0.25) is 0 Å². The zero-order chi connectivity index (χ0) is 13.5. The van der Waals surface area contributed by atoms with Gasteiger partial charge in [0.15, 0.2) is 0 Å². The standard InChI is InChI=1S/C16H16N2O/c17-10-13-6-8-14(9-7-13)11-18-12-16(19)15-4-2-1-3-5-15/h1-9,16,18-19H,11-12H2. The van der Waals surface area contributed by atoms with Crippen molar-refractivity contribution in [2.75, 3.05) is 6.54 Å². The first-order valence-electron chi connectivity index (χ1n) is 6.22. The normalized spacial score (nSPS) is 11.8. The van der Waals surface area contributed by atoms with Crippen molar-refractivity contribution in [3.05, 3.63) is 71.3 Å². The molecule has 0 heterocycles. The number of nitriles is 1. The molecule has 3 nitrogen and oxygen atoms in total. The number of hydrogen-bond acceptors (Lipinski definition) is 3. The second kappa shape index (κ2) is 6.69. The largest absolute Gasteiger partial charge is 0.387 e. The highest BCUT2D eigenvalue weighted by Crippen LogP contribution is 2.11. The molecule has 1 unspecified atom stereocenters. The number of nitrogens with zero attached hydrogens (tertiary/aromatic N) is 1. The number of nitrogens with one attached hydrogen (secondary N) is 1. The molecule has 0 fully saturated rings. The van der Waals surface area contributed by atoms with E-state index in [-0.39, 0.29) is 0 Å². The number of aliphatic hydroxyl groups excluding tert-OH is 1. The van der Waals surface area contributed by atoms with Crippen LogP contribution in [0.5, 0.6) is 0 Å². The molecule has 2 N–H and O–H groups in total. The Morgan fingerprint density at radius 2 is 1.74 bits per heavy atom. The van der Waals surface area contributed by atoms with Crippen molar-refractivity contribution in [3.63, 3.8) is 0 Å². The van der Waals surface area contributed by atoms with Crippen molar-refractivity contribution < 1.29 is 5.11 Å². The molecule has 0 aliphatic carbocycles. The first-order chi connectivity index (χ1) is 9.29. The smallest absolute Gasteiger partial charge is 0.0991 e. The minimum absolute atomic E-state index is 0.500. The van der Waals surface area contributed by atoms with Crippen molar-refractivity contribution in [3.8, 4) is 6.07 Å². The predicted octanol–water partition coefficient (Wildman–Crippen LogP) is 2.38. The van der Waals surface area contributed by atoms with E-state index in [4.69, 9.17) is 5.26 Å². The van der Waals surface area contributed by atoms with E-state index in [1.54, 1.807) is 12.1 Å². The molecule has 0 amide bonds. The summed E-state index contributed by atoms with van der Waals surface area (Å²) in [6, 6.07) is 19.1. The van der Waals surface area contributed by atoms with Gasteiger partial charge in [0.25, 0.3) is 0 Å². The van der Waals surface area contributed by atoms with Crippen LogP contribution in [0, 0.1) is 11.3 Å². The molecule has 3 heteroatoms. The third kappa shape index (κ3) is 3.92. The van der Waals surface area contributed by atoms with E-state index in [1.807, 2.05) is 42.5 Å². The predicted molar refractivity (Wildman–Crippen MR) is 74.3 cm³/mol. The van der Waals surface area contributed by atoms with Crippen LogP contribution in [0.25, 0.3) is 0 Å². The van der Waals surface area contributed by atoms with Gasteiger partial charge in [-0.15, -0.1) is 0 Å². The molecule has 0 aliphatic heterocycles. The summed E-state index contributed by atoms with van der Waals surface area (Å²) >= 11 is 0. The molecule has 2 aromatic rings. The molecule has 0 aromatic heterocycles. The number of aliphatic hydroxyl groups is 1. The van der Waals surface area contributed by atoms with Crippen LogP contribution in [-0.4, -0.2) is 11.7 Å². The molecule has 19 heavy (non-hydrogen) atoms. The van der Waals surface area contributed by atoms with E-state index in [0.29, 0.717) is 18.7 Å². The molecule has 0 saturated heterocycles. The zero-order valence-corrected chi connectivity index (χ0v) is 10.6. The van der Waals surface area contributed by atoms with Gasteiger partial charge in [-0.2, -0.15) is 5.26 Å². The van der Waals surface area contributed by atoms with Crippen LogP contribution in [0.4, 0.5) is 0 Å². The van der Waals surface area contributed by atoms with Crippen LogP contribution in [0.2, 0.25) is 0 Å². The molecule has 2 aromatic carbocycles. The van der Waals surface area contributed by atoms with Gasteiger partial charge in [-0.05, 0) is 23.3 Å². The van der Waals surface area contributed by atoms with Gasteiger partial charge in [-0.25, -0.2) is 0 Å². The van der Waals surface area contributed by atoms with Gasteiger partial charge < -0.3 is 10.4 Å². The maximum atomic E-state index is 9.98. The summed E-state index contributed by atoms with van der Waals surface area (Å²) in [5.74, 6) is 0. The lowest BCUT2D eigenvalue weighted by Crippen LogP contribution is -2.21. The zero-order valence-electron chi connectivity index (χ0n) is 10.6. The Balaban J connectivity index is 1.81. The van der Waals surface area contributed by atoms with Gasteiger partial charge in [0, 0.05) is 13.1 Å². The summed E-state index contributed by atoms with van der Waals surface area (Å²) in [7, 11) is 0. The van der Waals surface area contributed by atoms with Crippen LogP contribution in [-0.2, 0) is 6.54 Å². The molecule has 0 aliphatic rings. The van der Waals surface area contributed by atoms with E-state index in [2.05, 4.69) is 11.4 Å². The van der Waals surface area contributed by atoms with Gasteiger partial charge in [-0.1, -0.05) is 42.5 Å². The van der Waals surface area contributed by atoms with Gasteiger partial charge >= 0.3 is 0 Å². The number of rotatable bonds is 5. The fourth-order valence-corrected chi connectivity index (χ4v) is 1.84. The molecule has 0 saturated carbocycles. The van der Waals surface area contributed by atoms with Gasteiger partial charge in [0.1, 0.15) is 0 Å². The fourth-order valence-electron chi connectivity index (χ4n) is 1.84. The molecular formula is C16H16N2O. The minimum Gasteiger partial charge on any atom is -0.387 e. The third-order valence-corrected chi connectivity index (χ3v) is 2.93. The van der Waals surface area contributed by atoms with E-state index < -0.39 is 6.10 Å². The second-order valence-corrected chi connectivity index (χ2v) is 4.37. The van der Waals surface area contributed by atoms with Gasteiger partial charge in [0.05, 0.1) is 17.7 Å². The molecule has 1 atom stereocenters. The molecule has 0 spiro atoms. The minimum atomic E-state index is -0.500. The summed E-state index contributed by atoms with van der Waals surface area (Å²) in [6.07, 6.45) is -0.500. The first kappa shape index (κ1) is 13.3. The molecule has 2 rings (SSSR count). The van der Waals surface area contributed by atoms with Crippen molar-refractivity contribution in [1.82, 2.24) is 5.32 Å². The molecule has 96 valence electrons. The lowest BCUT2D eigenvalue weighted by atomic mass is 10.1. The number of hydrogen-bond donors (Lipinski definition) is 2. The topological polar surface area (TPSA) is 56.0 Å². The summed E-state index contributed by atoms with van der Waals surface area (Å²) in [5.41, 5.74) is 2.67. The quantitative estimate of drug-likeness (QED) is 0.859. The summed E-state index contributed by atoms with van der Waals surface area (Å²) in [5, 5.41) is 21.9. The maximum Gasteiger partial charge on any atom is 0.0991 e. The van der Waals surface area contributed by atoms with Crippen molar-refractivity contribution in [2.24, 2.45) is 0 Å². The average molecular weight is 252 g/mol. The Morgan fingerprint density at radius 3 is 2.37 bits per heavy atom. The highest BCUT2D eigenvalue weighted by atomic mass is 16.3. The highest BCUT2D eigenvalue weighted by Gasteiger charge is 2.05. The van der Waals surface area contributed by atoms with E-state index in [1.165, 1.54) is 0 Å². The van der Waals surface area contributed by atoms with Crippen LogP contribution in [0.1, 0.15) is 22.8 Å². The molecule has 0 bridgehead atoms. The fraction of sp³-hybridized carbons (Fsp3) is 0.188. The molecular weight excluding hydrogens is 236 g/mol. The summed E-state index contributed by atoms with van der Waals surface area (Å²) in [6.45, 7) is 1.18. The van der Waals surface area contributed by atoms with Crippen LogP contribution in [0.3, 0.4) is 0 Å². The SMILES string of the molecule is N#Cc1ccc(CNCC(O)c2ccccc2)cc1. The Kier molecular flexibility index (Phi) is 4.68. The first-order valence-corrected chi connectivity index (χ1v) is 6.22. The van der Waals surface area contributed by atoms with Crippen LogP contribution < -0.4 is 5.32 Å². The van der Waals surface area contributed by atoms with Crippen molar-refractivity contribution in [1.29, 1.82) is 5.26 Å². The third-order valence-electron chi connectivity index (χ3n) is 2.93. The molecule has 0 radical (unpaired) electrons. The second-order valence-electron chi connectivity index (χ2n) is 4.37. The van der Waals surface area contributed by atoms with Crippen LogP contribution in [0.15, 0.2) is 54.6 Å². The Hall–Kier alpha value is -2.15.